The van der Waals surface area contributed by atoms with Gasteiger partial charge in [0.2, 0.25) is 5.91 Å². The summed E-state index contributed by atoms with van der Waals surface area (Å²) in [5, 5.41) is 11.3. The lowest BCUT2D eigenvalue weighted by Crippen LogP contribution is -2.32. The van der Waals surface area contributed by atoms with Gasteiger partial charge in [-0.15, -0.1) is 0 Å². The van der Waals surface area contributed by atoms with E-state index in [4.69, 9.17) is 5.26 Å². The maximum Gasteiger partial charge on any atom is 0.238 e. The molecule has 0 aromatic heterocycles. The summed E-state index contributed by atoms with van der Waals surface area (Å²) in [4.78, 5) is 14.2. The van der Waals surface area contributed by atoms with Crippen molar-refractivity contribution in [2.24, 2.45) is 0 Å². The summed E-state index contributed by atoms with van der Waals surface area (Å²) in [6.45, 7) is 0.463. The van der Waals surface area contributed by atoms with E-state index in [9.17, 15) is 18.0 Å². The van der Waals surface area contributed by atoms with Crippen LogP contribution in [0.3, 0.4) is 0 Å². The molecule has 3 aromatic rings. The average Bonchev–Trinajstić information content (AvgIpc) is 2.71. The Morgan fingerprint density at radius 3 is 2.30 bits per heavy atom. The maximum atomic E-state index is 13.8. The molecule has 0 heterocycles. The normalized spacial score (nSPS) is 10.6. The molecule has 0 atom stereocenters. The number of amides is 1. The monoisotopic (exact) mass is 409 g/mol. The number of carbonyl (C=O) groups excluding carboxylic acids is 1. The third-order valence-electron chi connectivity index (χ3n) is 4.35. The Morgan fingerprint density at radius 2 is 1.60 bits per heavy atom. The number of nitrogens with one attached hydrogen (secondary N) is 1. The fraction of sp³-hybridized carbons (Fsp3) is 0.130. The van der Waals surface area contributed by atoms with Gasteiger partial charge in [-0.2, -0.15) is 5.26 Å². The zero-order valence-corrected chi connectivity index (χ0v) is 15.9. The number of anilines is 1. The van der Waals surface area contributed by atoms with Crippen LogP contribution in [0.1, 0.15) is 16.7 Å². The lowest BCUT2D eigenvalue weighted by molar-refractivity contribution is -0.117. The number of benzene rings is 3. The molecule has 0 radical (unpaired) electrons. The van der Waals surface area contributed by atoms with Crippen molar-refractivity contribution in [1.29, 1.82) is 5.26 Å². The van der Waals surface area contributed by atoms with Crippen LogP contribution >= 0.6 is 0 Å². The van der Waals surface area contributed by atoms with Crippen LogP contribution in [0.4, 0.5) is 18.9 Å². The average molecular weight is 409 g/mol. The first kappa shape index (κ1) is 21.1. The quantitative estimate of drug-likeness (QED) is 0.620. The number of nitrogens with zero attached hydrogens (tertiary/aromatic N) is 2. The van der Waals surface area contributed by atoms with Crippen LogP contribution in [-0.4, -0.2) is 17.4 Å². The molecule has 7 heteroatoms. The van der Waals surface area contributed by atoms with Gasteiger partial charge in [0.15, 0.2) is 0 Å². The Labute approximate surface area is 172 Å². The van der Waals surface area contributed by atoms with Crippen LogP contribution in [0.15, 0.2) is 66.7 Å². The predicted octanol–water partition coefficient (Wildman–Crippen LogP) is 4.62. The maximum absolute atomic E-state index is 13.8. The molecule has 0 aliphatic heterocycles. The van der Waals surface area contributed by atoms with Crippen molar-refractivity contribution in [3.8, 4) is 6.07 Å². The Morgan fingerprint density at radius 1 is 0.900 bits per heavy atom. The van der Waals surface area contributed by atoms with Crippen LogP contribution in [0.5, 0.6) is 0 Å². The topological polar surface area (TPSA) is 56.1 Å². The highest BCUT2D eigenvalue weighted by Gasteiger charge is 2.15. The molecule has 0 aliphatic carbocycles. The summed E-state index contributed by atoms with van der Waals surface area (Å²) in [6.07, 6.45) is 0. The fourth-order valence-electron chi connectivity index (χ4n) is 2.99. The predicted molar refractivity (Wildman–Crippen MR) is 107 cm³/mol. The van der Waals surface area contributed by atoms with Crippen LogP contribution in [0.25, 0.3) is 0 Å². The van der Waals surface area contributed by atoms with E-state index in [0.29, 0.717) is 17.7 Å². The van der Waals surface area contributed by atoms with Crippen molar-refractivity contribution < 1.29 is 18.0 Å². The summed E-state index contributed by atoms with van der Waals surface area (Å²) in [5.41, 5.74) is 1.77. The molecule has 30 heavy (non-hydrogen) atoms. The lowest BCUT2D eigenvalue weighted by Gasteiger charge is -2.22. The molecule has 0 fully saturated rings. The Bertz CT molecular complexity index is 1080. The van der Waals surface area contributed by atoms with E-state index in [1.54, 1.807) is 41.3 Å². The summed E-state index contributed by atoms with van der Waals surface area (Å²) < 4.78 is 40.7. The summed E-state index contributed by atoms with van der Waals surface area (Å²) >= 11 is 0. The minimum atomic E-state index is -0.742. The van der Waals surface area contributed by atoms with Crippen molar-refractivity contribution in [2.75, 3.05) is 11.9 Å². The molecule has 4 nitrogen and oxygen atoms in total. The molecule has 152 valence electrons. The van der Waals surface area contributed by atoms with Gasteiger partial charge < -0.3 is 5.32 Å². The van der Waals surface area contributed by atoms with Gasteiger partial charge >= 0.3 is 0 Å². The number of rotatable bonds is 7. The highest BCUT2D eigenvalue weighted by Crippen LogP contribution is 2.16. The molecular formula is C23H18F3N3O. The Kier molecular flexibility index (Phi) is 6.83. The molecule has 3 rings (SSSR count). The van der Waals surface area contributed by atoms with Gasteiger partial charge in [0.1, 0.15) is 17.5 Å². The number of nitriles is 1. The Hall–Kier alpha value is -3.63. The molecule has 0 saturated carbocycles. The van der Waals surface area contributed by atoms with E-state index < -0.39 is 23.4 Å². The molecule has 0 saturated heterocycles. The fourth-order valence-corrected chi connectivity index (χ4v) is 2.99. The largest absolute Gasteiger partial charge is 0.322 e. The second-order valence-corrected chi connectivity index (χ2v) is 6.76. The molecule has 1 amide bonds. The minimum absolute atomic E-state index is 0.132. The van der Waals surface area contributed by atoms with Gasteiger partial charge in [-0.3, -0.25) is 9.69 Å². The third kappa shape index (κ3) is 5.93. The number of hydrogen-bond donors (Lipinski definition) is 1. The van der Waals surface area contributed by atoms with Crippen molar-refractivity contribution in [3.05, 3.63) is 101 Å². The highest BCUT2D eigenvalue weighted by molar-refractivity contribution is 5.92. The number of hydrogen-bond acceptors (Lipinski definition) is 3. The SMILES string of the molecule is N#Cc1ccc(CN(CC(=O)Nc2cc(F)ccc2F)Cc2cccc(F)c2)cc1. The molecule has 0 bridgehead atoms. The van der Waals surface area contributed by atoms with E-state index >= 15 is 0 Å². The van der Waals surface area contributed by atoms with Crippen LogP contribution in [-0.2, 0) is 17.9 Å². The molecule has 3 aromatic carbocycles. The van der Waals surface area contributed by atoms with Gasteiger partial charge in [0, 0.05) is 19.2 Å². The molecule has 1 N–H and O–H groups in total. The number of halogens is 3. The molecule has 0 unspecified atom stereocenters. The molecular weight excluding hydrogens is 391 g/mol. The first-order valence-corrected chi connectivity index (χ1v) is 9.13. The van der Waals surface area contributed by atoms with Gasteiger partial charge in [0.05, 0.1) is 23.9 Å². The third-order valence-corrected chi connectivity index (χ3v) is 4.35. The van der Waals surface area contributed by atoms with Gasteiger partial charge in [-0.25, -0.2) is 13.2 Å². The smallest absolute Gasteiger partial charge is 0.238 e. The lowest BCUT2D eigenvalue weighted by atomic mass is 10.1. The van der Waals surface area contributed by atoms with Crippen LogP contribution in [0, 0.1) is 28.8 Å². The van der Waals surface area contributed by atoms with Gasteiger partial charge in [-0.05, 0) is 47.5 Å². The van der Waals surface area contributed by atoms with E-state index in [2.05, 4.69) is 5.32 Å². The highest BCUT2D eigenvalue weighted by atomic mass is 19.1. The van der Waals surface area contributed by atoms with E-state index in [-0.39, 0.29) is 18.8 Å². The zero-order chi connectivity index (χ0) is 21.5. The molecule has 0 aliphatic rings. The first-order valence-electron chi connectivity index (χ1n) is 9.13. The van der Waals surface area contributed by atoms with Crippen molar-refractivity contribution in [2.45, 2.75) is 13.1 Å². The summed E-state index contributed by atoms with van der Waals surface area (Å²) in [7, 11) is 0. The second-order valence-electron chi connectivity index (χ2n) is 6.76. The van der Waals surface area contributed by atoms with Crippen LogP contribution in [0.2, 0.25) is 0 Å². The standard InChI is InChI=1S/C23H18F3N3O/c24-19-3-1-2-18(10-19)14-29(13-17-6-4-16(12-27)5-7-17)15-23(30)28-22-11-20(25)8-9-21(22)26/h1-11H,13-15H2,(H,28,30). The van der Waals surface area contributed by atoms with Crippen molar-refractivity contribution in [3.63, 3.8) is 0 Å². The van der Waals surface area contributed by atoms with Crippen molar-refractivity contribution in [1.82, 2.24) is 4.90 Å². The van der Waals surface area contributed by atoms with Gasteiger partial charge in [-0.1, -0.05) is 24.3 Å². The summed E-state index contributed by atoms with van der Waals surface area (Å²) in [6, 6.07) is 17.7. The minimum Gasteiger partial charge on any atom is -0.322 e. The number of carbonyl (C=O) groups is 1. The van der Waals surface area contributed by atoms with Crippen LogP contribution < -0.4 is 5.32 Å². The Balaban J connectivity index is 1.76. The van der Waals surface area contributed by atoms with E-state index in [1.807, 2.05) is 6.07 Å². The summed E-state index contributed by atoms with van der Waals surface area (Å²) in [5.74, 6) is -2.34. The molecule has 0 spiro atoms. The zero-order valence-electron chi connectivity index (χ0n) is 15.9. The van der Waals surface area contributed by atoms with E-state index in [0.717, 1.165) is 23.8 Å². The van der Waals surface area contributed by atoms with E-state index in [1.165, 1.54) is 12.1 Å². The first-order chi connectivity index (χ1) is 14.4. The van der Waals surface area contributed by atoms with Crippen molar-refractivity contribution >= 4 is 11.6 Å². The second kappa shape index (κ2) is 9.72. The van der Waals surface area contributed by atoms with Gasteiger partial charge in [0.25, 0.3) is 0 Å².